The average molecular weight is 437 g/mol. The van der Waals surface area contributed by atoms with Crippen molar-refractivity contribution in [1.29, 1.82) is 0 Å². The van der Waals surface area contributed by atoms with Crippen LogP contribution in [-0.4, -0.2) is 23.9 Å². The van der Waals surface area contributed by atoms with E-state index >= 15 is 0 Å². The van der Waals surface area contributed by atoms with Crippen LogP contribution in [0.3, 0.4) is 0 Å². The third-order valence-corrected chi connectivity index (χ3v) is 7.16. The summed E-state index contributed by atoms with van der Waals surface area (Å²) in [6.07, 6.45) is 0.611. The van der Waals surface area contributed by atoms with E-state index in [-0.39, 0.29) is 17.7 Å². The molecule has 33 heavy (non-hydrogen) atoms. The summed E-state index contributed by atoms with van der Waals surface area (Å²) in [7, 11) is 1.60. The van der Waals surface area contributed by atoms with Crippen LogP contribution in [-0.2, 0) is 9.59 Å². The van der Waals surface area contributed by atoms with Gasteiger partial charge in [-0.1, -0.05) is 48.0 Å². The van der Waals surface area contributed by atoms with Crippen molar-refractivity contribution in [2.45, 2.75) is 25.2 Å². The molecule has 1 N–H and O–H groups in total. The average Bonchev–Trinajstić information content (AvgIpc) is 3.34. The number of aromatic nitrogens is 1. The lowest BCUT2D eigenvalue weighted by Crippen LogP contribution is -2.30. The lowest BCUT2D eigenvalue weighted by Gasteiger charge is -2.30. The Kier molecular flexibility index (Phi) is 4.40. The number of benzene rings is 3. The largest absolute Gasteiger partial charge is 0.497 e. The van der Waals surface area contributed by atoms with Crippen LogP contribution in [0.15, 0.2) is 72.8 Å². The zero-order valence-corrected chi connectivity index (χ0v) is 18.5. The van der Waals surface area contributed by atoms with Gasteiger partial charge >= 0.3 is 0 Å². The van der Waals surface area contributed by atoms with Crippen molar-refractivity contribution in [1.82, 2.24) is 4.98 Å². The molecule has 0 radical (unpaired) electrons. The summed E-state index contributed by atoms with van der Waals surface area (Å²) in [5.41, 5.74) is 5.99. The van der Waals surface area contributed by atoms with Crippen molar-refractivity contribution >= 4 is 28.4 Å². The monoisotopic (exact) mass is 436 g/mol. The molecule has 2 amide bonds. The van der Waals surface area contributed by atoms with Crippen LogP contribution in [0.2, 0.25) is 0 Å². The highest BCUT2D eigenvalue weighted by atomic mass is 16.5. The summed E-state index contributed by atoms with van der Waals surface area (Å²) in [6, 6.07) is 23.8. The van der Waals surface area contributed by atoms with Crippen LogP contribution in [0.5, 0.6) is 5.75 Å². The van der Waals surface area contributed by atoms with Gasteiger partial charge in [-0.3, -0.25) is 9.59 Å². The minimum absolute atomic E-state index is 0.0468. The summed E-state index contributed by atoms with van der Waals surface area (Å²) >= 11 is 0. The van der Waals surface area contributed by atoms with Gasteiger partial charge in [0.15, 0.2) is 0 Å². The number of aryl methyl sites for hydroxylation is 1. The maximum atomic E-state index is 13.7. The number of fused-ring (bicyclic) bond motifs is 5. The van der Waals surface area contributed by atoms with Gasteiger partial charge in [0.2, 0.25) is 11.8 Å². The van der Waals surface area contributed by atoms with Gasteiger partial charge in [-0.2, -0.15) is 0 Å². The molecule has 0 spiro atoms. The number of ether oxygens (including phenoxy) is 1. The standard InChI is InChI=1S/C28H24N2O3/c1-16-7-9-17(10-8-16)21-15-22-25(26-24(21)20-5-3-4-6-23(20)29-26)28(32)30(27(22)31)18-11-13-19(33-2)14-12-18/h3-14,21-22,25,29H,15H2,1-2H3. The lowest BCUT2D eigenvalue weighted by molar-refractivity contribution is -0.122. The van der Waals surface area contributed by atoms with Crippen LogP contribution in [0.25, 0.3) is 10.9 Å². The second-order valence-electron chi connectivity index (χ2n) is 8.99. The first kappa shape index (κ1) is 19.8. The van der Waals surface area contributed by atoms with Crippen molar-refractivity contribution in [3.05, 3.63) is 95.2 Å². The summed E-state index contributed by atoms with van der Waals surface area (Å²) < 4.78 is 5.24. The normalized spacial score (nSPS) is 21.9. The van der Waals surface area contributed by atoms with Crippen molar-refractivity contribution in [2.75, 3.05) is 12.0 Å². The van der Waals surface area contributed by atoms with Crippen molar-refractivity contribution < 1.29 is 14.3 Å². The minimum Gasteiger partial charge on any atom is -0.497 e. The maximum absolute atomic E-state index is 13.7. The number of H-pyrrole nitrogens is 1. The van der Waals surface area contributed by atoms with Crippen molar-refractivity contribution in [3.8, 4) is 5.75 Å². The SMILES string of the molecule is COc1ccc(N2C(=O)C3CC(c4ccc(C)cc4)c4c([nH]c5ccccc45)C3C2=O)cc1. The molecule has 5 nitrogen and oxygen atoms in total. The quantitative estimate of drug-likeness (QED) is 0.444. The van der Waals surface area contributed by atoms with Gasteiger partial charge in [0.1, 0.15) is 5.75 Å². The molecule has 1 aliphatic heterocycles. The first-order valence-corrected chi connectivity index (χ1v) is 11.3. The van der Waals surface area contributed by atoms with E-state index < -0.39 is 11.8 Å². The van der Waals surface area contributed by atoms with E-state index in [2.05, 4.69) is 42.2 Å². The Balaban J connectivity index is 1.51. The van der Waals surface area contributed by atoms with E-state index in [9.17, 15) is 9.59 Å². The summed E-state index contributed by atoms with van der Waals surface area (Å²) in [6.45, 7) is 2.07. The topological polar surface area (TPSA) is 62.4 Å². The number of nitrogens with one attached hydrogen (secondary N) is 1. The Hall–Kier alpha value is -3.86. The number of methoxy groups -OCH3 is 1. The molecule has 3 unspecified atom stereocenters. The fourth-order valence-corrected chi connectivity index (χ4v) is 5.55. The molecule has 164 valence electrons. The van der Waals surface area contributed by atoms with E-state index in [1.54, 1.807) is 31.4 Å². The predicted octanol–water partition coefficient (Wildman–Crippen LogP) is 5.29. The summed E-state index contributed by atoms with van der Waals surface area (Å²) in [4.78, 5) is 32.2. The van der Waals surface area contributed by atoms with Gasteiger partial charge in [0.25, 0.3) is 0 Å². The second kappa shape index (κ2) is 7.34. The highest BCUT2D eigenvalue weighted by Gasteiger charge is 2.54. The number of aromatic amines is 1. The molecule has 0 saturated carbocycles. The summed E-state index contributed by atoms with van der Waals surface area (Å²) in [5, 5.41) is 1.12. The molecule has 6 rings (SSSR count). The fraction of sp³-hybridized carbons (Fsp3) is 0.214. The number of nitrogens with zero attached hydrogens (tertiary/aromatic N) is 1. The number of hydrogen-bond donors (Lipinski definition) is 1. The first-order chi connectivity index (χ1) is 16.1. The third kappa shape index (κ3) is 2.92. The van der Waals surface area contributed by atoms with Gasteiger partial charge in [-0.15, -0.1) is 0 Å². The Bertz CT molecular complexity index is 1390. The van der Waals surface area contributed by atoms with Crippen LogP contribution in [0.4, 0.5) is 5.69 Å². The van der Waals surface area contributed by atoms with Crippen molar-refractivity contribution in [3.63, 3.8) is 0 Å². The fourth-order valence-electron chi connectivity index (χ4n) is 5.55. The molecule has 1 saturated heterocycles. The van der Waals surface area contributed by atoms with Crippen LogP contribution in [0.1, 0.15) is 40.6 Å². The Morgan fingerprint density at radius 1 is 0.909 bits per heavy atom. The highest BCUT2D eigenvalue weighted by molar-refractivity contribution is 6.24. The van der Waals surface area contributed by atoms with Crippen LogP contribution in [0, 0.1) is 12.8 Å². The molecular formula is C28H24N2O3. The van der Waals surface area contributed by atoms with E-state index in [4.69, 9.17) is 4.74 Å². The zero-order chi connectivity index (χ0) is 22.7. The molecule has 3 atom stereocenters. The molecule has 2 heterocycles. The molecule has 1 aromatic heterocycles. The lowest BCUT2D eigenvalue weighted by atomic mass is 9.71. The number of carbonyl (C=O) groups excluding carboxylic acids is 2. The second-order valence-corrected chi connectivity index (χ2v) is 8.99. The Morgan fingerprint density at radius 2 is 1.64 bits per heavy atom. The molecule has 0 bridgehead atoms. The van der Waals surface area contributed by atoms with E-state index in [1.165, 1.54) is 16.0 Å². The van der Waals surface area contributed by atoms with E-state index in [0.29, 0.717) is 17.9 Å². The number of para-hydroxylation sites is 1. The van der Waals surface area contributed by atoms with Gasteiger partial charge in [0, 0.05) is 22.5 Å². The Labute approximate surface area is 192 Å². The van der Waals surface area contributed by atoms with Crippen LogP contribution >= 0.6 is 0 Å². The molecule has 1 fully saturated rings. The molecule has 2 aliphatic rings. The zero-order valence-electron chi connectivity index (χ0n) is 18.5. The number of rotatable bonds is 3. The number of hydrogen-bond acceptors (Lipinski definition) is 3. The molecule has 1 aliphatic carbocycles. The Morgan fingerprint density at radius 3 is 2.36 bits per heavy atom. The number of carbonyl (C=O) groups is 2. The number of amides is 2. The van der Waals surface area contributed by atoms with E-state index in [1.807, 2.05) is 18.2 Å². The van der Waals surface area contributed by atoms with Gasteiger partial charge in [0.05, 0.1) is 24.6 Å². The third-order valence-electron chi connectivity index (χ3n) is 7.16. The van der Waals surface area contributed by atoms with Gasteiger partial charge in [-0.05, 0) is 54.8 Å². The van der Waals surface area contributed by atoms with E-state index in [0.717, 1.165) is 22.2 Å². The highest BCUT2D eigenvalue weighted by Crippen LogP contribution is 2.52. The van der Waals surface area contributed by atoms with Gasteiger partial charge < -0.3 is 9.72 Å². The molecule has 5 heteroatoms. The smallest absolute Gasteiger partial charge is 0.243 e. The molecular weight excluding hydrogens is 412 g/mol. The predicted molar refractivity (Wildman–Crippen MR) is 128 cm³/mol. The summed E-state index contributed by atoms with van der Waals surface area (Å²) in [5.74, 6) is -0.449. The first-order valence-electron chi connectivity index (χ1n) is 11.3. The van der Waals surface area contributed by atoms with Crippen molar-refractivity contribution in [2.24, 2.45) is 5.92 Å². The maximum Gasteiger partial charge on any atom is 0.243 e. The minimum atomic E-state index is -0.497. The van der Waals surface area contributed by atoms with Gasteiger partial charge in [-0.25, -0.2) is 4.90 Å². The number of imide groups is 1. The molecule has 4 aromatic rings. The molecule has 3 aromatic carbocycles. The van der Waals surface area contributed by atoms with Crippen LogP contribution < -0.4 is 9.64 Å². The number of anilines is 1.